The Hall–Kier alpha value is -1.14. The molecular formula is C12H24N2O4. The molecule has 0 N–H and O–H groups in total. The largest absolute Gasteiger partial charge is 0.464 e. The third-order valence-electron chi connectivity index (χ3n) is 2.38. The van der Waals surface area contributed by atoms with E-state index in [1.165, 1.54) is 0 Å². The van der Waals surface area contributed by atoms with E-state index in [0.717, 1.165) is 6.54 Å². The number of hydrogen-bond acceptors (Lipinski definition) is 5. The average molecular weight is 260 g/mol. The predicted molar refractivity (Wildman–Crippen MR) is 68.3 cm³/mol. The van der Waals surface area contributed by atoms with Gasteiger partial charge in [-0.3, -0.25) is 9.69 Å². The second kappa shape index (κ2) is 9.85. The molecule has 0 bridgehead atoms. The van der Waals surface area contributed by atoms with Crippen molar-refractivity contribution in [2.75, 3.05) is 53.6 Å². The van der Waals surface area contributed by atoms with E-state index in [9.17, 15) is 9.59 Å². The maximum Gasteiger partial charge on any atom is 0.332 e. The van der Waals surface area contributed by atoms with E-state index in [1.54, 1.807) is 25.9 Å². The molecule has 6 heteroatoms. The molecule has 0 aromatic carbocycles. The van der Waals surface area contributed by atoms with Crippen molar-refractivity contribution in [3.05, 3.63) is 0 Å². The summed E-state index contributed by atoms with van der Waals surface area (Å²) >= 11 is 0. The Balaban J connectivity index is 3.74. The molecule has 0 atom stereocenters. The minimum absolute atomic E-state index is 0.0347. The van der Waals surface area contributed by atoms with Crippen molar-refractivity contribution in [1.29, 1.82) is 0 Å². The van der Waals surface area contributed by atoms with Crippen LogP contribution >= 0.6 is 0 Å². The molecule has 6 nitrogen and oxygen atoms in total. The monoisotopic (exact) mass is 260 g/mol. The zero-order valence-corrected chi connectivity index (χ0v) is 11.8. The Morgan fingerprint density at radius 2 is 1.83 bits per heavy atom. The van der Waals surface area contributed by atoms with Gasteiger partial charge in [-0.2, -0.15) is 0 Å². The first-order valence-electron chi connectivity index (χ1n) is 6.17. The Kier molecular flexibility index (Phi) is 9.22. The van der Waals surface area contributed by atoms with Gasteiger partial charge in [0.15, 0.2) is 0 Å². The smallest absolute Gasteiger partial charge is 0.332 e. The SMILES string of the molecule is CCOC(=O)COCCN(CC)CC(=O)N(C)C. The molecule has 0 radical (unpaired) electrons. The summed E-state index contributed by atoms with van der Waals surface area (Å²) < 4.78 is 9.91. The molecule has 0 aromatic heterocycles. The Labute approximate surface area is 109 Å². The zero-order valence-electron chi connectivity index (χ0n) is 11.8. The number of rotatable bonds is 9. The number of carbonyl (C=O) groups is 2. The molecule has 106 valence electrons. The number of amides is 1. The number of nitrogens with zero attached hydrogens (tertiary/aromatic N) is 2. The van der Waals surface area contributed by atoms with Crippen LogP contribution in [0.1, 0.15) is 13.8 Å². The zero-order chi connectivity index (χ0) is 14.0. The first-order chi connectivity index (χ1) is 8.51. The lowest BCUT2D eigenvalue weighted by Gasteiger charge is -2.21. The van der Waals surface area contributed by atoms with Gasteiger partial charge < -0.3 is 14.4 Å². The van der Waals surface area contributed by atoms with Gasteiger partial charge in [-0.15, -0.1) is 0 Å². The quantitative estimate of drug-likeness (QED) is 0.430. The number of likely N-dealkylation sites (N-methyl/N-ethyl adjacent to an activating group) is 2. The van der Waals surface area contributed by atoms with Gasteiger partial charge in [-0.1, -0.05) is 6.92 Å². The predicted octanol–water partition coefficient (Wildman–Crippen LogP) is -0.0238. The molecule has 0 rings (SSSR count). The second-order valence-corrected chi connectivity index (χ2v) is 4.01. The molecule has 18 heavy (non-hydrogen) atoms. The fourth-order valence-electron chi connectivity index (χ4n) is 1.23. The summed E-state index contributed by atoms with van der Waals surface area (Å²) in [6, 6.07) is 0. The van der Waals surface area contributed by atoms with E-state index in [-0.39, 0.29) is 18.5 Å². The van der Waals surface area contributed by atoms with Crippen LogP contribution in [-0.4, -0.2) is 75.2 Å². The first kappa shape index (κ1) is 16.9. The molecule has 1 amide bonds. The molecule has 0 saturated heterocycles. The maximum absolute atomic E-state index is 11.5. The Morgan fingerprint density at radius 3 is 2.33 bits per heavy atom. The van der Waals surface area contributed by atoms with Crippen LogP contribution in [-0.2, 0) is 19.1 Å². The highest BCUT2D eigenvalue weighted by Gasteiger charge is 2.10. The lowest BCUT2D eigenvalue weighted by molar-refractivity contribution is -0.148. The molecule has 0 aliphatic heterocycles. The fraction of sp³-hybridized carbons (Fsp3) is 0.833. The van der Waals surface area contributed by atoms with Gasteiger partial charge in [0.2, 0.25) is 5.91 Å². The van der Waals surface area contributed by atoms with Crippen LogP contribution < -0.4 is 0 Å². The van der Waals surface area contributed by atoms with Crippen LogP contribution in [0.25, 0.3) is 0 Å². The highest BCUT2D eigenvalue weighted by atomic mass is 16.6. The van der Waals surface area contributed by atoms with E-state index in [2.05, 4.69) is 0 Å². The molecule has 0 heterocycles. The van der Waals surface area contributed by atoms with Crippen molar-refractivity contribution in [2.24, 2.45) is 0 Å². The van der Waals surface area contributed by atoms with Crippen LogP contribution in [0.3, 0.4) is 0 Å². The van der Waals surface area contributed by atoms with Gasteiger partial charge in [0, 0.05) is 20.6 Å². The topological polar surface area (TPSA) is 59.1 Å². The van der Waals surface area contributed by atoms with Crippen LogP contribution in [0.5, 0.6) is 0 Å². The van der Waals surface area contributed by atoms with Crippen molar-refractivity contribution in [3.63, 3.8) is 0 Å². The molecule has 0 aromatic rings. The highest BCUT2D eigenvalue weighted by Crippen LogP contribution is 1.91. The van der Waals surface area contributed by atoms with Crippen molar-refractivity contribution in [1.82, 2.24) is 9.80 Å². The van der Waals surface area contributed by atoms with Crippen LogP contribution in [0.2, 0.25) is 0 Å². The van der Waals surface area contributed by atoms with Crippen molar-refractivity contribution < 1.29 is 19.1 Å². The van der Waals surface area contributed by atoms with Crippen LogP contribution in [0.4, 0.5) is 0 Å². The van der Waals surface area contributed by atoms with Gasteiger partial charge in [-0.05, 0) is 13.5 Å². The number of ether oxygens (including phenoxy) is 2. The molecule has 0 aliphatic carbocycles. The summed E-state index contributed by atoms with van der Waals surface area (Å²) in [5.41, 5.74) is 0. The molecule has 0 fully saturated rings. The van der Waals surface area contributed by atoms with E-state index in [1.807, 2.05) is 11.8 Å². The Morgan fingerprint density at radius 1 is 1.17 bits per heavy atom. The summed E-state index contributed by atoms with van der Waals surface area (Å²) in [6.45, 7) is 6.23. The summed E-state index contributed by atoms with van der Waals surface area (Å²) in [5, 5.41) is 0. The van der Waals surface area contributed by atoms with Gasteiger partial charge in [0.05, 0.1) is 19.8 Å². The molecule has 0 saturated carbocycles. The minimum Gasteiger partial charge on any atom is -0.464 e. The van der Waals surface area contributed by atoms with E-state index in [0.29, 0.717) is 26.3 Å². The number of carbonyl (C=O) groups excluding carboxylic acids is 2. The first-order valence-corrected chi connectivity index (χ1v) is 6.17. The molecule has 0 spiro atoms. The van der Waals surface area contributed by atoms with Crippen LogP contribution in [0.15, 0.2) is 0 Å². The second-order valence-electron chi connectivity index (χ2n) is 4.01. The third kappa shape index (κ3) is 8.03. The highest BCUT2D eigenvalue weighted by molar-refractivity contribution is 5.77. The summed E-state index contributed by atoms with van der Waals surface area (Å²) in [5.74, 6) is -0.299. The normalized spacial score (nSPS) is 10.5. The van der Waals surface area contributed by atoms with Gasteiger partial charge in [0.25, 0.3) is 0 Å². The minimum atomic E-state index is -0.357. The van der Waals surface area contributed by atoms with E-state index >= 15 is 0 Å². The lowest BCUT2D eigenvalue weighted by atomic mass is 10.4. The lowest BCUT2D eigenvalue weighted by Crippen LogP contribution is -2.38. The molecule has 0 aliphatic rings. The van der Waals surface area contributed by atoms with E-state index in [4.69, 9.17) is 9.47 Å². The van der Waals surface area contributed by atoms with Gasteiger partial charge in [-0.25, -0.2) is 4.79 Å². The number of hydrogen-bond donors (Lipinski definition) is 0. The summed E-state index contributed by atoms with van der Waals surface area (Å²) in [6.07, 6.45) is 0. The van der Waals surface area contributed by atoms with Crippen molar-refractivity contribution in [3.8, 4) is 0 Å². The maximum atomic E-state index is 11.5. The Bertz CT molecular complexity index is 256. The van der Waals surface area contributed by atoms with Crippen molar-refractivity contribution in [2.45, 2.75) is 13.8 Å². The van der Waals surface area contributed by atoms with Gasteiger partial charge in [0.1, 0.15) is 6.61 Å². The van der Waals surface area contributed by atoms with Crippen molar-refractivity contribution >= 4 is 11.9 Å². The standard InChI is InChI=1S/C12H24N2O4/c1-5-14(9-11(15)13(3)4)7-8-17-10-12(16)18-6-2/h5-10H2,1-4H3. The van der Waals surface area contributed by atoms with Gasteiger partial charge >= 0.3 is 5.97 Å². The summed E-state index contributed by atoms with van der Waals surface area (Å²) in [4.78, 5) is 26.0. The third-order valence-corrected chi connectivity index (χ3v) is 2.38. The van der Waals surface area contributed by atoms with Crippen LogP contribution in [0, 0.1) is 0 Å². The number of esters is 1. The fourth-order valence-corrected chi connectivity index (χ4v) is 1.23. The molecular weight excluding hydrogens is 236 g/mol. The average Bonchev–Trinajstić information content (AvgIpc) is 2.32. The van der Waals surface area contributed by atoms with E-state index < -0.39 is 0 Å². The summed E-state index contributed by atoms with van der Waals surface area (Å²) in [7, 11) is 3.46. The molecule has 0 unspecified atom stereocenters.